The van der Waals surface area contributed by atoms with Crippen molar-refractivity contribution in [2.24, 2.45) is 7.05 Å². The Hall–Kier alpha value is -2.49. The first-order chi connectivity index (χ1) is 9.74. The molecule has 2 aromatic heterocycles. The fraction of sp³-hybridized carbons (Fsp3) is 0.188. The normalized spacial score (nSPS) is 10.8. The second-order valence-corrected chi connectivity index (χ2v) is 4.82. The Bertz CT molecular complexity index is 756. The van der Waals surface area contributed by atoms with E-state index in [1.807, 2.05) is 43.6 Å². The zero-order valence-corrected chi connectivity index (χ0v) is 11.3. The van der Waals surface area contributed by atoms with Crippen LogP contribution in [0.2, 0.25) is 0 Å². The molecule has 0 aliphatic rings. The fourth-order valence-corrected chi connectivity index (χ4v) is 2.34. The van der Waals surface area contributed by atoms with Gasteiger partial charge >= 0.3 is 0 Å². The summed E-state index contributed by atoms with van der Waals surface area (Å²) in [5, 5.41) is 5.04. The number of carbonyl (C=O) groups is 1. The molecule has 20 heavy (non-hydrogen) atoms. The van der Waals surface area contributed by atoms with E-state index in [0.29, 0.717) is 12.8 Å². The highest BCUT2D eigenvalue weighted by atomic mass is 16.1. The molecule has 0 spiro atoms. The second kappa shape index (κ2) is 5.25. The Morgan fingerprint density at radius 1 is 1.25 bits per heavy atom. The van der Waals surface area contributed by atoms with Crippen molar-refractivity contribution >= 4 is 16.7 Å². The number of hydrogen-bond acceptors (Lipinski definition) is 3. The average Bonchev–Trinajstić information content (AvgIpc) is 2.90. The maximum Gasteiger partial charge on any atom is 0.163 e. The van der Waals surface area contributed by atoms with Gasteiger partial charge in [0.2, 0.25) is 0 Å². The number of pyridine rings is 1. The number of rotatable bonds is 4. The summed E-state index contributed by atoms with van der Waals surface area (Å²) in [5.74, 6) is 0.146. The van der Waals surface area contributed by atoms with Gasteiger partial charge in [-0.05, 0) is 24.1 Å². The van der Waals surface area contributed by atoms with E-state index < -0.39 is 0 Å². The SMILES string of the molecule is Cn1cc(CCC(=O)c2cccc3ncccc23)cn1. The van der Waals surface area contributed by atoms with Gasteiger partial charge in [-0.15, -0.1) is 0 Å². The smallest absolute Gasteiger partial charge is 0.163 e. The lowest BCUT2D eigenvalue weighted by Gasteiger charge is -2.04. The van der Waals surface area contributed by atoms with Crippen molar-refractivity contribution in [2.75, 3.05) is 0 Å². The molecule has 2 heterocycles. The first kappa shape index (κ1) is 12.5. The van der Waals surface area contributed by atoms with E-state index in [4.69, 9.17) is 0 Å². The molecule has 0 unspecified atom stereocenters. The van der Waals surface area contributed by atoms with E-state index in [1.54, 1.807) is 17.1 Å². The van der Waals surface area contributed by atoms with Crippen molar-refractivity contribution in [3.05, 3.63) is 60.0 Å². The molecule has 0 saturated carbocycles. The van der Waals surface area contributed by atoms with Gasteiger partial charge in [-0.3, -0.25) is 14.5 Å². The van der Waals surface area contributed by atoms with Crippen molar-refractivity contribution in [3.8, 4) is 0 Å². The number of aromatic nitrogens is 3. The first-order valence-corrected chi connectivity index (χ1v) is 6.58. The van der Waals surface area contributed by atoms with Crippen LogP contribution in [0.4, 0.5) is 0 Å². The molecule has 0 aliphatic carbocycles. The van der Waals surface area contributed by atoms with Gasteiger partial charge in [0.1, 0.15) is 0 Å². The molecule has 0 amide bonds. The Morgan fingerprint density at radius 2 is 2.15 bits per heavy atom. The van der Waals surface area contributed by atoms with Crippen LogP contribution in [-0.2, 0) is 13.5 Å². The summed E-state index contributed by atoms with van der Waals surface area (Å²) in [6.07, 6.45) is 6.69. The van der Waals surface area contributed by atoms with Gasteiger partial charge in [-0.1, -0.05) is 18.2 Å². The number of ketones is 1. The largest absolute Gasteiger partial charge is 0.294 e. The molecular formula is C16H15N3O. The molecule has 0 fully saturated rings. The summed E-state index contributed by atoms with van der Waals surface area (Å²) in [7, 11) is 1.88. The third-order valence-corrected chi connectivity index (χ3v) is 3.35. The minimum Gasteiger partial charge on any atom is -0.294 e. The van der Waals surface area contributed by atoms with Crippen molar-refractivity contribution < 1.29 is 4.79 Å². The van der Waals surface area contributed by atoms with Gasteiger partial charge in [0, 0.05) is 36.8 Å². The van der Waals surface area contributed by atoms with Gasteiger partial charge in [0.15, 0.2) is 5.78 Å². The molecule has 3 rings (SSSR count). The van der Waals surface area contributed by atoms with Crippen LogP contribution in [0.15, 0.2) is 48.9 Å². The summed E-state index contributed by atoms with van der Waals surface area (Å²) in [6.45, 7) is 0. The van der Waals surface area contributed by atoms with Crippen molar-refractivity contribution in [1.29, 1.82) is 0 Å². The van der Waals surface area contributed by atoms with Crippen LogP contribution >= 0.6 is 0 Å². The molecule has 0 saturated heterocycles. The predicted octanol–water partition coefficient (Wildman–Crippen LogP) is 2.78. The number of nitrogens with zero attached hydrogens (tertiary/aromatic N) is 3. The zero-order valence-electron chi connectivity index (χ0n) is 11.3. The summed E-state index contributed by atoms with van der Waals surface area (Å²) >= 11 is 0. The van der Waals surface area contributed by atoms with Gasteiger partial charge in [0.05, 0.1) is 11.7 Å². The first-order valence-electron chi connectivity index (χ1n) is 6.58. The molecule has 0 aliphatic heterocycles. The maximum absolute atomic E-state index is 12.4. The highest BCUT2D eigenvalue weighted by molar-refractivity contribution is 6.07. The van der Waals surface area contributed by atoms with Gasteiger partial charge in [-0.25, -0.2) is 0 Å². The van der Waals surface area contributed by atoms with E-state index in [9.17, 15) is 4.79 Å². The second-order valence-electron chi connectivity index (χ2n) is 4.82. The number of carbonyl (C=O) groups excluding carboxylic acids is 1. The van der Waals surface area contributed by atoms with Crippen molar-refractivity contribution in [3.63, 3.8) is 0 Å². The quantitative estimate of drug-likeness (QED) is 0.681. The van der Waals surface area contributed by atoms with Crippen LogP contribution in [0, 0.1) is 0 Å². The number of fused-ring (bicyclic) bond motifs is 1. The third kappa shape index (κ3) is 2.45. The molecule has 0 N–H and O–H groups in total. The molecule has 100 valence electrons. The van der Waals surface area contributed by atoms with Crippen LogP contribution in [-0.4, -0.2) is 20.5 Å². The number of benzene rings is 1. The Kier molecular flexibility index (Phi) is 3.29. The van der Waals surface area contributed by atoms with Crippen LogP contribution < -0.4 is 0 Å². The summed E-state index contributed by atoms with van der Waals surface area (Å²) in [6, 6.07) is 9.48. The van der Waals surface area contributed by atoms with Crippen LogP contribution in [0.5, 0.6) is 0 Å². The Morgan fingerprint density at radius 3 is 2.95 bits per heavy atom. The Labute approximate surface area is 117 Å². The topological polar surface area (TPSA) is 47.8 Å². The molecular weight excluding hydrogens is 250 g/mol. The fourth-order valence-electron chi connectivity index (χ4n) is 2.34. The number of aryl methyl sites for hydroxylation is 2. The lowest BCUT2D eigenvalue weighted by Crippen LogP contribution is -2.02. The van der Waals surface area contributed by atoms with E-state index >= 15 is 0 Å². The van der Waals surface area contributed by atoms with Crippen LogP contribution in [0.25, 0.3) is 10.9 Å². The molecule has 4 heteroatoms. The summed E-state index contributed by atoms with van der Waals surface area (Å²) in [4.78, 5) is 16.7. The minimum absolute atomic E-state index is 0.146. The van der Waals surface area contributed by atoms with Gasteiger partial charge in [-0.2, -0.15) is 5.10 Å². The average molecular weight is 265 g/mol. The number of Topliss-reactive ketones (excluding diaryl/α,β-unsaturated/α-hetero) is 1. The van der Waals surface area contributed by atoms with E-state index in [0.717, 1.165) is 22.0 Å². The maximum atomic E-state index is 12.4. The highest BCUT2D eigenvalue weighted by Crippen LogP contribution is 2.18. The monoisotopic (exact) mass is 265 g/mol. The molecule has 0 radical (unpaired) electrons. The molecule has 3 aromatic rings. The standard InChI is InChI=1S/C16H15N3O/c1-19-11-12(10-18-19)7-8-16(20)14-4-2-6-15-13(14)5-3-9-17-15/h2-6,9-11H,7-8H2,1H3. The lowest BCUT2D eigenvalue weighted by atomic mass is 10.0. The molecule has 1 aromatic carbocycles. The van der Waals surface area contributed by atoms with E-state index in [1.165, 1.54) is 0 Å². The predicted molar refractivity (Wildman–Crippen MR) is 77.6 cm³/mol. The lowest BCUT2D eigenvalue weighted by molar-refractivity contribution is 0.0984. The summed E-state index contributed by atoms with van der Waals surface area (Å²) < 4.78 is 1.75. The van der Waals surface area contributed by atoms with E-state index in [2.05, 4.69) is 10.1 Å². The Balaban J connectivity index is 1.82. The zero-order chi connectivity index (χ0) is 13.9. The highest BCUT2D eigenvalue weighted by Gasteiger charge is 2.10. The minimum atomic E-state index is 0.146. The van der Waals surface area contributed by atoms with Gasteiger partial charge in [0.25, 0.3) is 0 Å². The molecule has 4 nitrogen and oxygen atoms in total. The van der Waals surface area contributed by atoms with Crippen molar-refractivity contribution in [2.45, 2.75) is 12.8 Å². The van der Waals surface area contributed by atoms with Crippen LogP contribution in [0.3, 0.4) is 0 Å². The van der Waals surface area contributed by atoms with Crippen molar-refractivity contribution in [1.82, 2.24) is 14.8 Å². The number of hydrogen-bond donors (Lipinski definition) is 0. The third-order valence-electron chi connectivity index (χ3n) is 3.35. The van der Waals surface area contributed by atoms with Crippen LogP contribution in [0.1, 0.15) is 22.3 Å². The summed E-state index contributed by atoms with van der Waals surface area (Å²) in [5.41, 5.74) is 2.69. The van der Waals surface area contributed by atoms with Gasteiger partial charge < -0.3 is 0 Å². The molecule has 0 bridgehead atoms. The van der Waals surface area contributed by atoms with E-state index in [-0.39, 0.29) is 5.78 Å². The molecule has 0 atom stereocenters.